The van der Waals surface area contributed by atoms with Crippen molar-refractivity contribution in [2.24, 2.45) is 0 Å². The molecule has 1 amide bonds. The zero-order chi connectivity index (χ0) is 24.2. The second kappa shape index (κ2) is 10.8. The Morgan fingerprint density at radius 2 is 1.71 bits per heavy atom. The molecule has 5 rings (SSSR count). The van der Waals surface area contributed by atoms with Crippen LogP contribution in [-0.4, -0.2) is 61.9 Å². The molecule has 0 bridgehead atoms. The fourth-order valence-electron chi connectivity index (χ4n) is 3.87. The first-order valence-electron chi connectivity index (χ1n) is 11.0. The van der Waals surface area contributed by atoms with Crippen molar-refractivity contribution in [2.45, 2.75) is 10.9 Å². The summed E-state index contributed by atoms with van der Waals surface area (Å²) in [6.07, 6.45) is 3.40. The molecule has 0 aliphatic carbocycles. The number of amides is 1. The lowest BCUT2D eigenvalue weighted by Crippen LogP contribution is -2.49. The highest BCUT2D eigenvalue weighted by atomic mass is 79.9. The predicted molar refractivity (Wildman–Crippen MR) is 140 cm³/mol. The second-order valence-corrected chi connectivity index (χ2v) is 10.1. The van der Waals surface area contributed by atoms with Gasteiger partial charge in [0.05, 0.1) is 11.4 Å². The molecular formula is C24H21BrClN7OS. The van der Waals surface area contributed by atoms with Crippen molar-refractivity contribution in [1.82, 2.24) is 29.9 Å². The Kier molecular flexibility index (Phi) is 7.31. The summed E-state index contributed by atoms with van der Waals surface area (Å²) in [7, 11) is 0. The number of hydrogen-bond acceptors (Lipinski definition) is 7. The number of anilines is 1. The van der Waals surface area contributed by atoms with Gasteiger partial charge in [0.15, 0.2) is 10.9 Å². The van der Waals surface area contributed by atoms with E-state index in [0.717, 1.165) is 28.9 Å². The third kappa shape index (κ3) is 5.50. The van der Waals surface area contributed by atoms with E-state index in [0.29, 0.717) is 40.4 Å². The van der Waals surface area contributed by atoms with Crippen LogP contribution in [0.4, 0.5) is 5.69 Å². The van der Waals surface area contributed by atoms with Crippen LogP contribution in [0.25, 0.3) is 5.69 Å². The maximum atomic E-state index is 13.6. The molecule has 0 atom stereocenters. The Morgan fingerprint density at radius 3 is 2.43 bits per heavy atom. The summed E-state index contributed by atoms with van der Waals surface area (Å²) in [5.41, 5.74) is 2.96. The number of carbonyl (C=O) groups excluding carboxylic acids is 1. The summed E-state index contributed by atoms with van der Waals surface area (Å²) in [4.78, 5) is 26.2. The number of nitrogens with zero attached hydrogens (tertiary/aromatic N) is 7. The standard InChI is InChI=1S/C24H21BrClN7OS/c25-17-5-7-19(8-6-17)33-21(16-35-24-27-9-2-10-28-24)22(29-30-33)23(34)32-13-11-31(12-14-32)20-4-1-3-18(26)15-20/h1-10,15H,11-14,16H2. The maximum absolute atomic E-state index is 13.6. The summed E-state index contributed by atoms with van der Waals surface area (Å²) in [6, 6.07) is 17.3. The number of rotatable bonds is 6. The number of thioether (sulfide) groups is 1. The van der Waals surface area contributed by atoms with Gasteiger partial charge < -0.3 is 9.80 Å². The first-order valence-corrected chi connectivity index (χ1v) is 13.1. The molecule has 1 aliphatic rings. The first-order chi connectivity index (χ1) is 17.1. The molecule has 3 heterocycles. The van der Waals surface area contributed by atoms with Crippen molar-refractivity contribution in [1.29, 1.82) is 0 Å². The van der Waals surface area contributed by atoms with Gasteiger partial charge in [0.25, 0.3) is 5.91 Å². The van der Waals surface area contributed by atoms with E-state index in [2.05, 4.69) is 41.1 Å². The van der Waals surface area contributed by atoms with Gasteiger partial charge in [0, 0.05) is 59.5 Å². The molecule has 0 N–H and O–H groups in total. The predicted octanol–water partition coefficient (Wildman–Crippen LogP) is 4.73. The van der Waals surface area contributed by atoms with E-state index in [-0.39, 0.29) is 5.91 Å². The van der Waals surface area contributed by atoms with Crippen LogP contribution in [0.1, 0.15) is 16.2 Å². The molecule has 0 unspecified atom stereocenters. The second-order valence-electron chi connectivity index (χ2n) is 7.85. The van der Waals surface area contributed by atoms with Crippen LogP contribution in [0.2, 0.25) is 5.02 Å². The Labute approximate surface area is 220 Å². The molecule has 11 heteroatoms. The highest BCUT2D eigenvalue weighted by Crippen LogP contribution is 2.25. The molecule has 178 valence electrons. The van der Waals surface area contributed by atoms with E-state index >= 15 is 0 Å². The Balaban J connectivity index is 1.37. The number of piperazine rings is 1. The minimum absolute atomic E-state index is 0.122. The lowest BCUT2D eigenvalue weighted by molar-refractivity contribution is 0.0740. The number of hydrogen-bond donors (Lipinski definition) is 0. The minimum Gasteiger partial charge on any atom is -0.368 e. The van der Waals surface area contributed by atoms with Gasteiger partial charge in [-0.3, -0.25) is 4.79 Å². The van der Waals surface area contributed by atoms with E-state index in [1.165, 1.54) is 11.8 Å². The van der Waals surface area contributed by atoms with Crippen LogP contribution < -0.4 is 4.90 Å². The largest absolute Gasteiger partial charge is 0.368 e. The van der Waals surface area contributed by atoms with E-state index in [1.54, 1.807) is 23.1 Å². The van der Waals surface area contributed by atoms with Crippen LogP contribution in [-0.2, 0) is 5.75 Å². The maximum Gasteiger partial charge on any atom is 0.276 e. The quantitative estimate of drug-likeness (QED) is 0.245. The number of carbonyl (C=O) groups is 1. The van der Waals surface area contributed by atoms with E-state index in [9.17, 15) is 4.79 Å². The fraction of sp³-hybridized carbons (Fsp3) is 0.208. The van der Waals surface area contributed by atoms with Crippen LogP contribution in [0.3, 0.4) is 0 Å². The van der Waals surface area contributed by atoms with E-state index < -0.39 is 0 Å². The lowest BCUT2D eigenvalue weighted by atomic mass is 10.2. The average Bonchev–Trinajstić information content (AvgIpc) is 3.32. The molecule has 1 aliphatic heterocycles. The van der Waals surface area contributed by atoms with E-state index in [1.807, 2.05) is 53.4 Å². The molecule has 0 radical (unpaired) electrons. The van der Waals surface area contributed by atoms with Gasteiger partial charge in [-0.2, -0.15) is 0 Å². The van der Waals surface area contributed by atoms with Crippen molar-refractivity contribution in [2.75, 3.05) is 31.1 Å². The molecule has 1 fully saturated rings. The zero-order valence-corrected chi connectivity index (χ0v) is 21.7. The summed E-state index contributed by atoms with van der Waals surface area (Å²) in [5, 5.41) is 9.99. The van der Waals surface area contributed by atoms with Crippen molar-refractivity contribution in [3.05, 3.63) is 87.9 Å². The van der Waals surface area contributed by atoms with Gasteiger partial charge >= 0.3 is 0 Å². The highest BCUT2D eigenvalue weighted by molar-refractivity contribution is 9.10. The smallest absolute Gasteiger partial charge is 0.276 e. The molecule has 1 saturated heterocycles. The van der Waals surface area contributed by atoms with Gasteiger partial charge in [0.1, 0.15) is 0 Å². The third-order valence-electron chi connectivity index (χ3n) is 5.66. The zero-order valence-electron chi connectivity index (χ0n) is 18.6. The van der Waals surface area contributed by atoms with Gasteiger partial charge in [-0.05, 0) is 48.5 Å². The van der Waals surface area contributed by atoms with Crippen molar-refractivity contribution in [3.8, 4) is 5.69 Å². The normalized spacial score (nSPS) is 13.8. The molecule has 2 aromatic carbocycles. The number of halogens is 2. The van der Waals surface area contributed by atoms with Crippen molar-refractivity contribution >= 4 is 50.9 Å². The molecular weight excluding hydrogens is 550 g/mol. The molecule has 0 spiro atoms. The lowest BCUT2D eigenvalue weighted by Gasteiger charge is -2.36. The topological polar surface area (TPSA) is 80.0 Å². The molecule has 2 aromatic heterocycles. The summed E-state index contributed by atoms with van der Waals surface area (Å²) in [6.45, 7) is 2.61. The third-order valence-corrected chi connectivity index (χ3v) is 7.31. The van der Waals surface area contributed by atoms with Crippen LogP contribution in [0, 0.1) is 0 Å². The van der Waals surface area contributed by atoms with E-state index in [4.69, 9.17) is 11.6 Å². The van der Waals surface area contributed by atoms with Gasteiger partial charge in [-0.1, -0.05) is 50.6 Å². The van der Waals surface area contributed by atoms with Crippen molar-refractivity contribution < 1.29 is 4.79 Å². The van der Waals surface area contributed by atoms with Gasteiger partial charge in [0.2, 0.25) is 0 Å². The molecule has 4 aromatic rings. The molecule has 0 saturated carbocycles. The Morgan fingerprint density at radius 1 is 0.971 bits per heavy atom. The van der Waals surface area contributed by atoms with Crippen LogP contribution in [0.15, 0.2) is 76.6 Å². The van der Waals surface area contributed by atoms with Crippen LogP contribution in [0.5, 0.6) is 0 Å². The number of benzene rings is 2. The van der Waals surface area contributed by atoms with Gasteiger partial charge in [-0.25, -0.2) is 14.6 Å². The fourth-order valence-corrected chi connectivity index (χ4v) is 5.11. The number of aromatic nitrogens is 5. The average molecular weight is 571 g/mol. The first kappa shape index (κ1) is 23.8. The summed E-state index contributed by atoms with van der Waals surface area (Å²) >= 11 is 11.1. The Hall–Kier alpha value is -2.95. The van der Waals surface area contributed by atoms with Gasteiger partial charge in [-0.15, -0.1) is 5.10 Å². The van der Waals surface area contributed by atoms with Crippen molar-refractivity contribution in [3.63, 3.8) is 0 Å². The van der Waals surface area contributed by atoms with Crippen LogP contribution >= 0.6 is 39.3 Å². The monoisotopic (exact) mass is 569 g/mol. The summed E-state index contributed by atoms with van der Waals surface area (Å²) < 4.78 is 2.68. The Bertz CT molecular complexity index is 1310. The molecule has 8 nitrogen and oxygen atoms in total. The SMILES string of the molecule is O=C(c1nnn(-c2ccc(Br)cc2)c1CSc1ncccn1)N1CCN(c2cccc(Cl)c2)CC1. The summed E-state index contributed by atoms with van der Waals surface area (Å²) in [5.74, 6) is 0.333. The highest BCUT2D eigenvalue weighted by Gasteiger charge is 2.28. The molecule has 35 heavy (non-hydrogen) atoms. The minimum atomic E-state index is -0.122.